The van der Waals surface area contributed by atoms with Crippen LogP contribution in [0.4, 0.5) is 10.1 Å². The summed E-state index contributed by atoms with van der Waals surface area (Å²) < 4.78 is 13.8. The fourth-order valence-corrected chi connectivity index (χ4v) is 2.24. The third-order valence-corrected chi connectivity index (χ3v) is 2.99. The maximum atomic E-state index is 13.2. The first kappa shape index (κ1) is 9.45. The highest BCUT2D eigenvalue weighted by molar-refractivity contribution is 7.18. The first-order valence-corrected chi connectivity index (χ1v) is 4.80. The number of thiophene rings is 1. The molecule has 0 unspecified atom stereocenters. The van der Waals surface area contributed by atoms with Crippen LogP contribution in [0.3, 0.4) is 0 Å². The maximum absolute atomic E-state index is 13.2. The molecule has 0 bridgehead atoms. The van der Waals surface area contributed by atoms with Crippen LogP contribution in [-0.2, 0) is 0 Å². The lowest BCUT2D eigenvalue weighted by Gasteiger charge is -2.04. The molecule has 0 aliphatic carbocycles. The number of nitrogen functional groups attached to an aromatic ring is 1. The quantitative estimate of drug-likeness (QED) is 0.469. The highest BCUT2D eigenvalue weighted by Gasteiger charge is 2.19. The summed E-state index contributed by atoms with van der Waals surface area (Å²) in [6.45, 7) is 0. The Kier molecular flexibility index (Phi) is 2.18. The van der Waals surface area contributed by atoms with E-state index in [0.29, 0.717) is 10.1 Å². The van der Waals surface area contributed by atoms with Gasteiger partial charge in [0.05, 0.1) is 10.4 Å². The van der Waals surface area contributed by atoms with Crippen LogP contribution in [-0.4, -0.2) is 17.2 Å². The number of nitrogens with two attached hydrogens (primary N) is 1. The van der Waals surface area contributed by atoms with Crippen LogP contribution in [0.15, 0.2) is 17.5 Å². The van der Waals surface area contributed by atoms with E-state index in [1.807, 2.05) is 0 Å². The van der Waals surface area contributed by atoms with E-state index in [1.54, 1.807) is 11.4 Å². The average Bonchev–Trinajstić information content (AvgIpc) is 2.59. The molecule has 0 saturated heterocycles. The number of hydrogen-bond acceptors (Lipinski definition) is 4. The van der Waals surface area contributed by atoms with Crippen LogP contribution >= 0.6 is 11.3 Å². The van der Waals surface area contributed by atoms with Gasteiger partial charge >= 0.3 is 7.12 Å². The molecule has 0 atom stereocenters. The van der Waals surface area contributed by atoms with E-state index in [4.69, 9.17) is 15.8 Å². The van der Waals surface area contributed by atoms with Gasteiger partial charge in [-0.15, -0.1) is 11.3 Å². The van der Waals surface area contributed by atoms with Gasteiger partial charge in [0.25, 0.3) is 0 Å². The molecule has 0 radical (unpaired) electrons. The molecule has 2 rings (SSSR count). The second-order valence-electron chi connectivity index (χ2n) is 2.90. The summed E-state index contributed by atoms with van der Waals surface area (Å²) in [6.07, 6.45) is 0. The van der Waals surface area contributed by atoms with Crippen molar-refractivity contribution in [1.82, 2.24) is 0 Å². The van der Waals surface area contributed by atoms with E-state index in [1.165, 1.54) is 11.3 Å². The van der Waals surface area contributed by atoms with E-state index in [9.17, 15) is 4.39 Å². The van der Waals surface area contributed by atoms with Crippen LogP contribution in [0.2, 0.25) is 0 Å². The molecule has 1 heterocycles. The molecule has 1 aromatic carbocycles. The average molecular weight is 211 g/mol. The Morgan fingerprint density at radius 2 is 2.14 bits per heavy atom. The number of hydrogen-bond donors (Lipinski definition) is 3. The molecule has 0 saturated carbocycles. The van der Waals surface area contributed by atoms with E-state index < -0.39 is 12.9 Å². The van der Waals surface area contributed by atoms with Crippen molar-refractivity contribution in [2.75, 3.05) is 5.73 Å². The van der Waals surface area contributed by atoms with E-state index in [2.05, 4.69) is 0 Å². The minimum atomic E-state index is -1.68. The molecule has 0 spiro atoms. The summed E-state index contributed by atoms with van der Waals surface area (Å²) in [4.78, 5) is 0. The number of fused-ring (bicyclic) bond motifs is 1. The molecule has 2 aromatic rings. The van der Waals surface area contributed by atoms with Crippen molar-refractivity contribution in [3.63, 3.8) is 0 Å². The zero-order chi connectivity index (χ0) is 10.3. The van der Waals surface area contributed by atoms with Gasteiger partial charge in [0.15, 0.2) is 0 Å². The van der Waals surface area contributed by atoms with Crippen molar-refractivity contribution in [3.8, 4) is 0 Å². The standard InChI is InChI=1S/C8H7BFNO2S/c10-6-3-5(9(12)13)4-1-2-14-8(4)7(6)11/h1-3,12-13H,11H2. The Hall–Kier alpha value is -1.11. The Morgan fingerprint density at radius 1 is 1.43 bits per heavy atom. The van der Waals surface area contributed by atoms with Crippen LogP contribution < -0.4 is 11.2 Å². The minimum Gasteiger partial charge on any atom is -0.423 e. The fraction of sp³-hybridized carbons (Fsp3) is 0. The summed E-state index contributed by atoms with van der Waals surface area (Å²) in [5.41, 5.74) is 5.71. The van der Waals surface area contributed by atoms with Crippen molar-refractivity contribution >= 4 is 39.7 Å². The Bertz CT molecular complexity index is 485. The van der Waals surface area contributed by atoms with Crippen LogP contribution in [0.5, 0.6) is 0 Å². The SMILES string of the molecule is Nc1c(F)cc(B(O)O)c2ccsc12. The topological polar surface area (TPSA) is 66.5 Å². The van der Waals surface area contributed by atoms with Gasteiger partial charge in [-0.2, -0.15) is 0 Å². The van der Waals surface area contributed by atoms with Gasteiger partial charge in [-0.1, -0.05) is 0 Å². The predicted molar refractivity (Wildman–Crippen MR) is 56.0 cm³/mol. The Labute approximate surface area is 83.7 Å². The lowest BCUT2D eigenvalue weighted by molar-refractivity contribution is 0.426. The molecule has 0 fully saturated rings. The largest absolute Gasteiger partial charge is 0.489 e. The van der Waals surface area contributed by atoms with Gasteiger partial charge in [-0.25, -0.2) is 4.39 Å². The normalized spacial score (nSPS) is 10.8. The highest BCUT2D eigenvalue weighted by atomic mass is 32.1. The van der Waals surface area contributed by atoms with Gasteiger partial charge in [0.1, 0.15) is 5.82 Å². The fourth-order valence-electron chi connectivity index (χ4n) is 1.36. The van der Waals surface area contributed by atoms with Crippen LogP contribution in [0.1, 0.15) is 0 Å². The molecule has 3 nitrogen and oxygen atoms in total. The summed E-state index contributed by atoms with van der Waals surface area (Å²) >= 11 is 1.27. The zero-order valence-electron chi connectivity index (χ0n) is 7.07. The highest BCUT2D eigenvalue weighted by Crippen LogP contribution is 2.27. The lowest BCUT2D eigenvalue weighted by atomic mass is 9.78. The Morgan fingerprint density at radius 3 is 2.79 bits per heavy atom. The first-order valence-electron chi connectivity index (χ1n) is 3.92. The summed E-state index contributed by atoms with van der Waals surface area (Å²) in [7, 11) is -1.68. The number of halogens is 1. The predicted octanol–water partition coefficient (Wildman–Crippen LogP) is 0.302. The van der Waals surface area contributed by atoms with Crippen molar-refractivity contribution in [3.05, 3.63) is 23.3 Å². The smallest absolute Gasteiger partial charge is 0.423 e. The molecule has 6 heteroatoms. The molecular formula is C8H7BFNO2S. The molecule has 72 valence electrons. The van der Waals surface area contributed by atoms with Gasteiger partial charge in [-0.3, -0.25) is 0 Å². The van der Waals surface area contributed by atoms with Gasteiger partial charge in [-0.05, 0) is 28.4 Å². The van der Waals surface area contributed by atoms with Crippen LogP contribution in [0.25, 0.3) is 10.1 Å². The minimum absolute atomic E-state index is 0.0550. The second-order valence-corrected chi connectivity index (χ2v) is 3.81. The number of benzene rings is 1. The van der Waals surface area contributed by atoms with Crippen molar-refractivity contribution in [2.45, 2.75) is 0 Å². The summed E-state index contributed by atoms with van der Waals surface area (Å²) in [6, 6.07) is 2.74. The zero-order valence-corrected chi connectivity index (χ0v) is 7.88. The van der Waals surface area contributed by atoms with Gasteiger partial charge < -0.3 is 15.8 Å². The molecule has 0 aliphatic heterocycles. The van der Waals surface area contributed by atoms with E-state index >= 15 is 0 Å². The van der Waals surface area contributed by atoms with E-state index in [0.717, 1.165) is 6.07 Å². The molecule has 14 heavy (non-hydrogen) atoms. The summed E-state index contributed by atoms with van der Waals surface area (Å²) in [5.74, 6) is -0.622. The lowest BCUT2D eigenvalue weighted by Crippen LogP contribution is -2.30. The molecule has 0 amide bonds. The molecule has 0 aliphatic rings. The van der Waals surface area contributed by atoms with Gasteiger partial charge in [0.2, 0.25) is 0 Å². The van der Waals surface area contributed by atoms with E-state index in [-0.39, 0.29) is 11.2 Å². The third kappa shape index (κ3) is 1.28. The number of rotatable bonds is 1. The molecule has 1 aromatic heterocycles. The molecule has 4 N–H and O–H groups in total. The third-order valence-electron chi connectivity index (χ3n) is 2.04. The Balaban J connectivity index is 2.84. The first-order chi connectivity index (χ1) is 6.61. The van der Waals surface area contributed by atoms with Gasteiger partial charge in [0, 0.05) is 0 Å². The maximum Gasteiger partial charge on any atom is 0.489 e. The molecular weight excluding hydrogens is 204 g/mol. The van der Waals surface area contributed by atoms with Crippen molar-refractivity contribution in [2.24, 2.45) is 0 Å². The van der Waals surface area contributed by atoms with Crippen molar-refractivity contribution < 1.29 is 14.4 Å². The van der Waals surface area contributed by atoms with Crippen LogP contribution in [0, 0.1) is 5.82 Å². The van der Waals surface area contributed by atoms with Crippen molar-refractivity contribution in [1.29, 1.82) is 0 Å². The number of anilines is 1. The monoisotopic (exact) mass is 211 g/mol. The second kappa shape index (κ2) is 3.23. The summed E-state index contributed by atoms with van der Waals surface area (Å²) in [5, 5.41) is 20.3.